The van der Waals surface area contributed by atoms with Crippen molar-refractivity contribution in [2.75, 3.05) is 26.3 Å². The predicted molar refractivity (Wildman–Crippen MR) is 88.8 cm³/mol. The quantitative estimate of drug-likeness (QED) is 0.916. The molecule has 1 aromatic carbocycles. The van der Waals surface area contributed by atoms with E-state index in [-0.39, 0.29) is 17.9 Å². The monoisotopic (exact) mass is 332 g/mol. The van der Waals surface area contributed by atoms with Crippen LogP contribution in [-0.2, 0) is 9.47 Å². The molecule has 0 aromatic heterocycles. The summed E-state index contributed by atoms with van der Waals surface area (Å²) in [6.07, 6.45) is 1.40. The zero-order valence-corrected chi connectivity index (χ0v) is 14.2. The number of carbonyl (C=O) groups excluding carboxylic acids is 2. The van der Waals surface area contributed by atoms with Gasteiger partial charge in [-0.15, -0.1) is 0 Å². The van der Waals surface area contributed by atoms with Gasteiger partial charge in [0.2, 0.25) is 0 Å². The topological polar surface area (TPSA) is 67.9 Å². The minimum Gasteiger partial charge on any atom is -0.350 e. The van der Waals surface area contributed by atoms with Crippen LogP contribution in [0.2, 0.25) is 0 Å². The molecule has 0 saturated carbocycles. The number of nitrogens with zero attached hydrogens (tertiary/aromatic N) is 1. The van der Waals surface area contributed by atoms with E-state index in [0.717, 1.165) is 0 Å². The Labute approximate surface area is 142 Å². The Bertz CT molecular complexity index is 596. The molecular weight excluding hydrogens is 308 g/mol. The molecule has 24 heavy (non-hydrogen) atoms. The fraction of sp³-hybridized carbons (Fsp3) is 0.556. The summed E-state index contributed by atoms with van der Waals surface area (Å²) >= 11 is 0. The van der Waals surface area contributed by atoms with Gasteiger partial charge in [0.1, 0.15) is 0 Å². The van der Waals surface area contributed by atoms with Crippen molar-refractivity contribution in [1.82, 2.24) is 10.2 Å². The van der Waals surface area contributed by atoms with Crippen LogP contribution in [0.25, 0.3) is 0 Å². The Balaban J connectivity index is 1.60. The van der Waals surface area contributed by atoms with Gasteiger partial charge in [0.05, 0.1) is 13.2 Å². The van der Waals surface area contributed by atoms with E-state index in [4.69, 9.17) is 9.47 Å². The lowest BCUT2D eigenvalue weighted by Crippen LogP contribution is -2.47. The number of carbonyl (C=O) groups is 2. The van der Waals surface area contributed by atoms with Crippen molar-refractivity contribution in [3.63, 3.8) is 0 Å². The van der Waals surface area contributed by atoms with E-state index in [1.54, 1.807) is 24.3 Å². The molecule has 2 amide bonds. The molecule has 6 nitrogen and oxygen atoms in total. The van der Waals surface area contributed by atoms with Crippen LogP contribution in [-0.4, -0.2) is 54.8 Å². The molecule has 1 aromatic rings. The summed E-state index contributed by atoms with van der Waals surface area (Å²) in [5.74, 6) is -0.617. The number of piperidine rings is 1. The van der Waals surface area contributed by atoms with E-state index in [1.807, 2.05) is 18.7 Å². The fourth-order valence-corrected chi connectivity index (χ4v) is 3.13. The third-order valence-corrected chi connectivity index (χ3v) is 4.44. The standard InChI is InChI=1S/C18H24N2O4/c1-13(2)19-16(21)14-3-5-15(6-4-14)17(22)20-9-7-18(8-10-20)23-11-12-24-18/h3-6,13H,7-12H2,1-2H3,(H,19,21). The second-order valence-corrected chi connectivity index (χ2v) is 6.61. The number of benzene rings is 1. The van der Waals surface area contributed by atoms with Gasteiger partial charge >= 0.3 is 0 Å². The van der Waals surface area contributed by atoms with Gasteiger partial charge in [-0.2, -0.15) is 0 Å². The lowest BCUT2D eigenvalue weighted by Gasteiger charge is -2.37. The molecule has 130 valence electrons. The molecule has 0 aliphatic carbocycles. The van der Waals surface area contributed by atoms with Crippen molar-refractivity contribution >= 4 is 11.8 Å². The van der Waals surface area contributed by atoms with Crippen LogP contribution in [0, 0.1) is 0 Å². The second kappa shape index (κ2) is 6.91. The third-order valence-electron chi connectivity index (χ3n) is 4.44. The summed E-state index contributed by atoms with van der Waals surface area (Å²) in [7, 11) is 0. The van der Waals surface area contributed by atoms with Gasteiger partial charge in [-0.1, -0.05) is 0 Å². The van der Waals surface area contributed by atoms with E-state index < -0.39 is 5.79 Å². The number of rotatable bonds is 3. The number of amides is 2. The van der Waals surface area contributed by atoms with Gasteiger partial charge in [0.15, 0.2) is 5.79 Å². The van der Waals surface area contributed by atoms with Gasteiger partial charge in [0.25, 0.3) is 11.8 Å². The molecule has 1 spiro atoms. The number of hydrogen-bond acceptors (Lipinski definition) is 4. The molecule has 2 aliphatic rings. The summed E-state index contributed by atoms with van der Waals surface area (Å²) in [4.78, 5) is 26.4. The molecule has 0 bridgehead atoms. The van der Waals surface area contributed by atoms with Crippen LogP contribution in [0.5, 0.6) is 0 Å². The molecule has 2 heterocycles. The van der Waals surface area contributed by atoms with E-state index in [0.29, 0.717) is 50.3 Å². The Kier molecular flexibility index (Phi) is 4.87. The maximum Gasteiger partial charge on any atom is 0.253 e. The Hall–Kier alpha value is -1.92. The molecule has 0 unspecified atom stereocenters. The summed E-state index contributed by atoms with van der Waals surface area (Å²) < 4.78 is 11.4. The first kappa shape index (κ1) is 16.9. The van der Waals surface area contributed by atoms with Crippen molar-refractivity contribution < 1.29 is 19.1 Å². The van der Waals surface area contributed by atoms with E-state index in [1.165, 1.54) is 0 Å². The smallest absolute Gasteiger partial charge is 0.253 e. The highest BCUT2D eigenvalue weighted by molar-refractivity contribution is 5.97. The van der Waals surface area contributed by atoms with Crippen molar-refractivity contribution in [3.05, 3.63) is 35.4 Å². The number of hydrogen-bond donors (Lipinski definition) is 1. The Morgan fingerprint density at radius 2 is 1.58 bits per heavy atom. The van der Waals surface area contributed by atoms with Crippen molar-refractivity contribution in [1.29, 1.82) is 0 Å². The van der Waals surface area contributed by atoms with E-state index in [9.17, 15) is 9.59 Å². The highest BCUT2D eigenvalue weighted by atomic mass is 16.7. The van der Waals surface area contributed by atoms with Crippen LogP contribution in [0.4, 0.5) is 0 Å². The van der Waals surface area contributed by atoms with Gasteiger partial charge in [-0.25, -0.2) is 0 Å². The normalized spacial score (nSPS) is 19.7. The molecular formula is C18H24N2O4. The first-order chi connectivity index (χ1) is 11.5. The number of nitrogens with one attached hydrogen (secondary N) is 1. The minimum absolute atomic E-state index is 0.0151. The summed E-state index contributed by atoms with van der Waals surface area (Å²) in [5.41, 5.74) is 1.16. The molecule has 2 saturated heterocycles. The van der Waals surface area contributed by atoms with Crippen LogP contribution in [0.3, 0.4) is 0 Å². The van der Waals surface area contributed by atoms with E-state index >= 15 is 0 Å². The maximum absolute atomic E-state index is 12.6. The zero-order valence-electron chi connectivity index (χ0n) is 14.2. The Morgan fingerprint density at radius 1 is 1.04 bits per heavy atom. The first-order valence-electron chi connectivity index (χ1n) is 8.47. The SMILES string of the molecule is CC(C)NC(=O)c1ccc(C(=O)N2CCC3(CC2)OCCO3)cc1. The highest BCUT2D eigenvalue weighted by Gasteiger charge is 2.40. The fourth-order valence-electron chi connectivity index (χ4n) is 3.13. The van der Waals surface area contributed by atoms with Crippen molar-refractivity contribution in [2.24, 2.45) is 0 Å². The maximum atomic E-state index is 12.6. The summed E-state index contributed by atoms with van der Waals surface area (Å²) in [5, 5.41) is 2.84. The molecule has 1 N–H and O–H groups in total. The predicted octanol–water partition coefficient (Wildman–Crippen LogP) is 1.80. The average molecular weight is 332 g/mol. The van der Waals surface area contributed by atoms with Crippen LogP contribution in [0.15, 0.2) is 24.3 Å². The van der Waals surface area contributed by atoms with Crippen molar-refractivity contribution in [2.45, 2.75) is 38.5 Å². The zero-order chi connectivity index (χ0) is 17.2. The molecule has 6 heteroatoms. The highest BCUT2D eigenvalue weighted by Crippen LogP contribution is 2.31. The van der Waals surface area contributed by atoms with Crippen LogP contribution >= 0.6 is 0 Å². The lowest BCUT2D eigenvalue weighted by atomic mass is 10.0. The molecule has 0 atom stereocenters. The van der Waals surface area contributed by atoms with Crippen LogP contribution in [0.1, 0.15) is 47.4 Å². The summed E-state index contributed by atoms with van der Waals surface area (Å²) in [6, 6.07) is 6.90. The van der Waals surface area contributed by atoms with Gasteiger partial charge in [0, 0.05) is 43.1 Å². The third kappa shape index (κ3) is 3.60. The first-order valence-corrected chi connectivity index (χ1v) is 8.47. The van der Waals surface area contributed by atoms with Crippen LogP contribution < -0.4 is 5.32 Å². The number of ether oxygens (including phenoxy) is 2. The minimum atomic E-state index is -0.477. The average Bonchev–Trinajstić information content (AvgIpc) is 3.02. The van der Waals surface area contributed by atoms with Gasteiger partial charge < -0.3 is 19.7 Å². The lowest BCUT2D eigenvalue weighted by molar-refractivity contribution is -0.181. The summed E-state index contributed by atoms with van der Waals surface area (Å²) in [6.45, 7) is 6.33. The molecule has 3 rings (SSSR count). The molecule has 0 radical (unpaired) electrons. The Morgan fingerprint density at radius 3 is 2.12 bits per heavy atom. The molecule has 2 fully saturated rings. The largest absolute Gasteiger partial charge is 0.350 e. The van der Waals surface area contributed by atoms with Crippen molar-refractivity contribution in [3.8, 4) is 0 Å². The second-order valence-electron chi connectivity index (χ2n) is 6.61. The number of likely N-dealkylation sites (tertiary alicyclic amines) is 1. The van der Waals surface area contributed by atoms with E-state index in [2.05, 4.69) is 5.32 Å². The van der Waals surface area contributed by atoms with Gasteiger partial charge in [-0.3, -0.25) is 9.59 Å². The van der Waals surface area contributed by atoms with Gasteiger partial charge in [-0.05, 0) is 38.1 Å². The molecule has 2 aliphatic heterocycles.